The van der Waals surface area contributed by atoms with Crippen LogP contribution in [0.25, 0.3) is 0 Å². The first-order valence-corrected chi connectivity index (χ1v) is 25.2. The van der Waals surface area contributed by atoms with Crippen LogP contribution in [0.3, 0.4) is 0 Å². The second kappa shape index (κ2) is 36.5. The summed E-state index contributed by atoms with van der Waals surface area (Å²) in [5, 5.41) is 33.5. The van der Waals surface area contributed by atoms with Gasteiger partial charge in [0.1, 0.15) is 6.10 Å². The molecule has 394 valence electrons. The number of piperidine rings is 2. The van der Waals surface area contributed by atoms with Crippen LogP contribution in [0.4, 0.5) is 26.3 Å². The van der Waals surface area contributed by atoms with E-state index in [1.165, 1.54) is 63.5 Å². The molecule has 0 spiro atoms. The van der Waals surface area contributed by atoms with Crippen molar-refractivity contribution in [1.29, 1.82) is 1.34 Å². The third kappa shape index (κ3) is 24.1. The maximum absolute atomic E-state index is 12.8. The molecule has 5 rings (SSSR count). The number of aliphatic hydroxyl groups excluding tert-OH is 1. The normalized spacial score (nSPS) is 22.5. The number of carbonyl (C=O) groups excluding carboxylic acids is 6. The van der Waals surface area contributed by atoms with Crippen molar-refractivity contribution < 1.29 is 121 Å². The quantitative estimate of drug-likeness (QED) is 0.0269. The molecule has 5 fully saturated rings. The van der Waals surface area contributed by atoms with Crippen LogP contribution in [0.5, 0.6) is 0 Å². The summed E-state index contributed by atoms with van der Waals surface area (Å²) in [6.45, 7) is 7.87. The molecule has 3 saturated heterocycles. The van der Waals surface area contributed by atoms with Gasteiger partial charge in [0.15, 0.2) is 0 Å². The number of ether oxygens (including phenoxy) is 4. The van der Waals surface area contributed by atoms with Crippen LogP contribution in [0, 0.1) is 54.8 Å². The Bertz CT molecular complexity index is 1550. The molecule has 0 aromatic heterocycles. The van der Waals surface area contributed by atoms with Gasteiger partial charge in [-0.1, -0.05) is 70.3 Å². The number of rotatable bonds is 13. The monoisotopic (exact) mass is 1520 g/mol. The molecule has 68 heavy (non-hydrogen) atoms. The van der Waals surface area contributed by atoms with Gasteiger partial charge in [0.05, 0.1) is 43.6 Å². The van der Waals surface area contributed by atoms with Gasteiger partial charge < -0.3 is 50.7 Å². The van der Waals surface area contributed by atoms with Crippen LogP contribution in [-0.2, 0) is 47.7 Å². The Morgan fingerprint density at radius 2 is 1.32 bits per heavy atom. The van der Waals surface area contributed by atoms with Crippen molar-refractivity contribution in [2.75, 3.05) is 53.1 Å². The molecule has 3 heterocycles. The zero-order valence-electron chi connectivity index (χ0n) is 38.2. The van der Waals surface area contributed by atoms with E-state index in [1.807, 2.05) is 0 Å². The fourth-order valence-corrected chi connectivity index (χ4v) is 9.43. The van der Waals surface area contributed by atoms with E-state index in [0.29, 0.717) is 29.4 Å². The van der Waals surface area contributed by atoms with E-state index in [9.17, 15) is 65.4 Å². The second-order valence-electron chi connectivity index (χ2n) is 14.2. The number of hydroxylamine groups is 2. The minimum Gasteiger partial charge on any atom is -0.464 e. The van der Waals surface area contributed by atoms with Crippen molar-refractivity contribution in [3.63, 3.8) is 0 Å². The molecule has 2 aliphatic carbocycles. The summed E-state index contributed by atoms with van der Waals surface area (Å²) < 4.78 is 99.0. The Kier molecular flexibility index (Phi) is 38.5. The van der Waals surface area contributed by atoms with Crippen LogP contribution in [-0.4, -0.2) is 161 Å². The Morgan fingerprint density at radius 1 is 0.912 bits per heavy atom. The van der Waals surface area contributed by atoms with E-state index in [2.05, 4.69) is 97.6 Å². The van der Waals surface area contributed by atoms with Crippen LogP contribution in [0.2, 0.25) is 0 Å². The number of hydrogen-bond donors (Lipinski definition) is 6. The standard InChI is InChI=1S/C9H12Br2F3NO4.C9H10F3NO4.C9H15NO.C5H10O3.C4H7Br2NO.CH2Cl2.BH.U/c1-2-19-7(17)8(18,9(12,13)14)15-6(16)5(3-10)4-11;1-3-16-7(15)8(9(10,11)12)13-6(14)5(2)4-17-8;11-10-8-2-6-1-7(4-8)5-9(10)3-6;1-3-8-5(7)4(2)6;5-1-3(2-6)4(7)8;2-1-3;;/h5,18H,2-4H2,1H3,(H,15,16);2-4H2,1H3,(H,13,14);6-9,11H,1-5H2;4,6H,3H2,1-2H3;3H,1-2H2,(H2,7,8);1H2;1H;/i;;;;;;1D;. The first-order valence-electron chi connectivity index (χ1n) is 20.2. The van der Waals surface area contributed by atoms with Crippen molar-refractivity contribution in [2.24, 2.45) is 29.4 Å². The van der Waals surface area contributed by atoms with Gasteiger partial charge in [0, 0.05) is 78.5 Å². The fourth-order valence-electron chi connectivity index (χ4n) is 6.06. The molecule has 0 aromatic carbocycles. The maximum Gasteiger partial charge on any atom is 0.448 e. The summed E-state index contributed by atoms with van der Waals surface area (Å²) in [4.78, 5) is 65.8. The van der Waals surface area contributed by atoms with Crippen LogP contribution < -0.4 is 16.4 Å². The van der Waals surface area contributed by atoms with E-state index in [4.69, 9.17) is 35.4 Å². The van der Waals surface area contributed by atoms with Crippen molar-refractivity contribution in [1.82, 2.24) is 15.7 Å². The molecule has 4 bridgehead atoms. The summed E-state index contributed by atoms with van der Waals surface area (Å²) in [6.07, 6.45) is -4.97. The van der Waals surface area contributed by atoms with Gasteiger partial charge >= 0.3 is 41.7 Å². The Hall–Kier alpha value is -0.443. The molecular formula is C37H57BBr4Cl2F6N4O13U. The van der Waals surface area contributed by atoms with Gasteiger partial charge in [0.25, 0.3) is 5.91 Å². The zero-order valence-corrected chi connectivity index (χ0v) is 49.2. The fraction of sp³-hybridized carbons (Fsp3) is 0.784. The molecular weight excluding hydrogens is 1460 g/mol. The van der Waals surface area contributed by atoms with E-state index in [-0.39, 0.29) is 77.7 Å². The first-order chi connectivity index (χ1) is 31.5. The van der Waals surface area contributed by atoms with Crippen molar-refractivity contribution >= 4 is 131 Å². The minimum absolute atomic E-state index is 0. The Labute approximate surface area is 461 Å². The summed E-state index contributed by atoms with van der Waals surface area (Å²) in [7, 11) is 3.75. The molecule has 0 aromatic rings. The Morgan fingerprint density at radius 3 is 1.60 bits per heavy atom. The summed E-state index contributed by atoms with van der Waals surface area (Å²) in [5.74, 6) is -5.78. The number of nitrogens with zero attached hydrogens (tertiary/aromatic N) is 1. The van der Waals surface area contributed by atoms with Crippen LogP contribution in [0.15, 0.2) is 12.2 Å². The molecule has 3 amide bonds. The molecule has 2 radical (unpaired) electrons. The number of nitrogens with one attached hydrogen (secondary N) is 2. The van der Waals surface area contributed by atoms with E-state index in [1.54, 1.807) is 12.0 Å². The SMILES string of the molecule is C=C1COC(C(=O)OCC)(C(F)(F)F)NC1=O.CCOC(=O)C(C)O.CCOC(=O)C(O)(NC(=O)C(CBr)CBr)C(F)(F)F.ClCCl.NC(=O)C(CBr)CBr.ON1C2CC3CC(C2)CC1C3.[2H][B].[U]. The van der Waals surface area contributed by atoms with Crippen LogP contribution in [0.1, 0.15) is 59.8 Å². The smallest absolute Gasteiger partial charge is 0.448 e. The number of nitrogens with two attached hydrogens (primary N) is 1. The number of alkyl halides is 12. The molecule has 5 aliphatic rings. The zero-order chi connectivity index (χ0) is 53.8. The first kappa shape index (κ1) is 71.8. The van der Waals surface area contributed by atoms with Gasteiger partial charge in [-0.25, -0.2) is 14.4 Å². The summed E-state index contributed by atoms with van der Waals surface area (Å²) in [6, 6.07) is 1.07. The number of halogens is 12. The number of carbonyl (C=O) groups is 6. The maximum atomic E-state index is 12.8. The van der Waals surface area contributed by atoms with Gasteiger partial charge in [-0.3, -0.25) is 14.4 Å². The van der Waals surface area contributed by atoms with Crippen molar-refractivity contribution in [3.05, 3.63) is 12.2 Å². The molecule has 31 heteroatoms. The average Bonchev–Trinajstić information content (AvgIpc) is 3.25. The number of esters is 3. The minimum atomic E-state index is -5.39. The van der Waals surface area contributed by atoms with Gasteiger partial charge in [-0.2, -0.15) is 31.4 Å². The summed E-state index contributed by atoms with van der Waals surface area (Å²) in [5.41, 5.74) is -2.74. The molecule has 2 saturated carbocycles. The van der Waals surface area contributed by atoms with E-state index >= 15 is 0 Å². The summed E-state index contributed by atoms with van der Waals surface area (Å²) >= 11 is 21.7. The molecule has 3 unspecified atom stereocenters. The molecule has 3 aliphatic heterocycles. The third-order valence-electron chi connectivity index (χ3n) is 9.30. The molecule has 3 atom stereocenters. The average molecular weight is 1520 g/mol. The third-order valence-corrected chi connectivity index (χ3v) is 12.4. The van der Waals surface area contributed by atoms with Gasteiger partial charge in [-0.15, -0.1) is 23.2 Å². The number of hydrogen-bond acceptors (Lipinski definition) is 14. The van der Waals surface area contributed by atoms with Crippen molar-refractivity contribution in [3.8, 4) is 0 Å². The van der Waals surface area contributed by atoms with E-state index in [0.717, 1.165) is 11.8 Å². The largest absolute Gasteiger partial charge is 0.464 e. The topological polar surface area (TPSA) is 253 Å². The number of amides is 3. The van der Waals surface area contributed by atoms with Gasteiger partial charge in [-0.05, 0) is 73.0 Å². The van der Waals surface area contributed by atoms with Gasteiger partial charge in [0.2, 0.25) is 11.8 Å². The molecule has 17 nitrogen and oxygen atoms in total. The Balaban J connectivity index is -0.000000385. The predicted molar refractivity (Wildman–Crippen MR) is 249 cm³/mol. The van der Waals surface area contributed by atoms with Crippen molar-refractivity contribution in [2.45, 2.75) is 102 Å². The number of primary amides is 1. The van der Waals surface area contributed by atoms with Crippen LogP contribution >= 0.6 is 86.9 Å². The number of aliphatic hydroxyl groups is 2. The van der Waals surface area contributed by atoms with E-state index < -0.39 is 72.2 Å². The predicted octanol–water partition coefficient (Wildman–Crippen LogP) is 5.05. The molecule has 7 N–H and O–H groups in total. The second-order valence-corrected chi connectivity index (χ2v) is 17.6.